The minimum absolute atomic E-state index is 0.0202. The molecule has 0 heterocycles. The molecule has 8 nitrogen and oxygen atoms in total. The van der Waals surface area contributed by atoms with Crippen molar-refractivity contribution in [1.82, 2.24) is 0 Å². The number of nitrogens with one attached hydrogen (secondary N) is 1. The maximum Gasteiger partial charge on any atom is 0.339 e. The van der Waals surface area contributed by atoms with Crippen LogP contribution in [-0.2, 0) is 9.53 Å². The van der Waals surface area contributed by atoms with Crippen LogP contribution in [0.1, 0.15) is 26.3 Å². The number of ether oxygens (including phenoxy) is 1. The maximum absolute atomic E-state index is 13.1. The van der Waals surface area contributed by atoms with Crippen molar-refractivity contribution in [3.05, 3.63) is 93.5 Å². The molecule has 1 N–H and O–H groups in total. The molecule has 0 atom stereocenters. The van der Waals surface area contributed by atoms with Gasteiger partial charge in [-0.1, -0.05) is 30.3 Å². The summed E-state index contributed by atoms with van der Waals surface area (Å²) in [4.78, 5) is 50.1. The molecule has 1 amide bonds. The number of para-hydroxylation sites is 1. The number of carbonyl (C=O) groups is 3. The average Bonchev–Trinajstić information content (AvgIpc) is 2.86. The third kappa shape index (κ3) is 5.83. The van der Waals surface area contributed by atoms with Gasteiger partial charge in [0, 0.05) is 22.1 Å². The van der Waals surface area contributed by atoms with E-state index in [1.165, 1.54) is 53.9 Å². The van der Waals surface area contributed by atoms with E-state index in [2.05, 4.69) is 5.32 Å². The average molecular weight is 497 g/mol. The molecule has 0 aromatic heterocycles. The van der Waals surface area contributed by atoms with Crippen molar-refractivity contribution in [3.63, 3.8) is 0 Å². The number of nitro benzene ring substituents is 1. The molecule has 0 radical (unpaired) electrons. The topological polar surface area (TPSA) is 116 Å². The quantitative estimate of drug-likeness (QED) is 0.144. The van der Waals surface area contributed by atoms with Crippen LogP contribution in [0.15, 0.2) is 76.5 Å². The molecule has 34 heavy (non-hydrogen) atoms. The highest BCUT2D eigenvalue weighted by atomic mass is 32.2. The minimum atomic E-state index is -0.854. The first kappa shape index (κ1) is 25.0. The minimum Gasteiger partial charge on any atom is -0.452 e. The van der Waals surface area contributed by atoms with Crippen LogP contribution in [0.25, 0.3) is 0 Å². The second-order valence-corrected chi connectivity index (χ2v) is 8.54. The highest BCUT2D eigenvalue weighted by Crippen LogP contribution is 2.29. The van der Waals surface area contributed by atoms with Crippen molar-refractivity contribution in [3.8, 4) is 0 Å². The number of rotatable bonds is 9. The van der Waals surface area contributed by atoms with Crippen LogP contribution in [0.3, 0.4) is 0 Å². The first-order valence-corrected chi connectivity index (χ1v) is 12.4. The van der Waals surface area contributed by atoms with Crippen molar-refractivity contribution in [2.75, 3.05) is 24.4 Å². The van der Waals surface area contributed by atoms with Crippen LogP contribution >= 0.6 is 23.5 Å². The number of nitrogens with zero attached hydrogens (tertiary/aromatic N) is 1. The number of esters is 1. The number of ketones is 1. The first-order valence-electron chi connectivity index (χ1n) is 9.91. The summed E-state index contributed by atoms with van der Waals surface area (Å²) in [5.74, 6) is -1.95. The molecule has 3 aromatic rings. The first-order chi connectivity index (χ1) is 16.3. The van der Waals surface area contributed by atoms with Gasteiger partial charge in [-0.25, -0.2) is 4.79 Å². The van der Waals surface area contributed by atoms with Crippen molar-refractivity contribution in [2.45, 2.75) is 9.79 Å². The lowest BCUT2D eigenvalue weighted by Gasteiger charge is -2.11. The molecule has 0 saturated heterocycles. The van der Waals surface area contributed by atoms with Crippen LogP contribution in [0.2, 0.25) is 0 Å². The maximum atomic E-state index is 13.1. The van der Waals surface area contributed by atoms with Gasteiger partial charge in [0.25, 0.3) is 11.6 Å². The van der Waals surface area contributed by atoms with E-state index in [4.69, 9.17) is 4.74 Å². The van der Waals surface area contributed by atoms with Gasteiger partial charge in [0.2, 0.25) is 0 Å². The van der Waals surface area contributed by atoms with Crippen molar-refractivity contribution < 1.29 is 24.0 Å². The van der Waals surface area contributed by atoms with E-state index in [9.17, 15) is 24.5 Å². The van der Waals surface area contributed by atoms with Gasteiger partial charge in [-0.3, -0.25) is 19.7 Å². The lowest BCUT2D eigenvalue weighted by atomic mass is 9.98. The Morgan fingerprint density at radius 2 is 1.56 bits per heavy atom. The normalized spacial score (nSPS) is 10.4. The fraction of sp³-hybridized carbons (Fsp3) is 0.125. The Labute approximate surface area is 204 Å². The number of thioether (sulfide) groups is 2. The molecule has 0 unspecified atom stereocenters. The van der Waals surface area contributed by atoms with Crippen LogP contribution in [0, 0.1) is 10.1 Å². The standard InChI is InChI=1S/C24H20N2O6S2/c1-33-20-10-6-5-9-18(20)25-22(27)14-32-24(29)17-8-4-3-7-16(17)23(28)15-11-12-21(34-2)19(13-15)26(30)31/h3-13H,14H2,1-2H3,(H,25,27). The number of benzene rings is 3. The van der Waals surface area contributed by atoms with Gasteiger partial charge in [-0.05, 0) is 42.8 Å². The Kier molecular flexibility index (Phi) is 8.44. The molecule has 0 aliphatic heterocycles. The molecule has 0 fully saturated rings. The molecule has 0 bridgehead atoms. The van der Waals surface area contributed by atoms with E-state index in [0.717, 1.165) is 4.90 Å². The van der Waals surface area contributed by atoms with Crippen LogP contribution in [0.4, 0.5) is 11.4 Å². The van der Waals surface area contributed by atoms with Crippen LogP contribution in [-0.4, -0.2) is 41.7 Å². The zero-order valence-corrected chi connectivity index (χ0v) is 19.9. The number of hydrogen-bond acceptors (Lipinski definition) is 8. The summed E-state index contributed by atoms with van der Waals surface area (Å²) < 4.78 is 5.14. The number of anilines is 1. The fourth-order valence-electron chi connectivity index (χ4n) is 3.13. The molecular weight excluding hydrogens is 476 g/mol. The summed E-state index contributed by atoms with van der Waals surface area (Å²) >= 11 is 2.66. The Morgan fingerprint density at radius 3 is 2.24 bits per heavy atom. The Balaban J connectivity index is 1.76. The second-order valence-electron chi connectivity index (χ2n) is 6.84. The number of hydrogen-bond donors (Lipinski definition) is 1. The molecule has 0 aliphatic carbocycles. The Bertz CT molecular complexity index is 1260. The molecule has 3 rings (SSSR count). The predicted molar refractivity (Wildman–Crippen MR) is 132 cm³/mol. The van der Waals surface area contributed by atoms with E-state index in [1.54, 1.807) is 30.5 Å². The molecule has 10 heteroatoms. The summed E-state index contributed by atoms with van der Waals surface area (Å²) in [6.07, 6.45) is 3.58. The van der Waals surface area contributed by atoms with Gasteiger partial charge >= 0.3 is 5.97 Å². The van der Waals surface area contributed by atoms with Crippen LogP contribution in [0.5, 0.6) is 0 Å². The predicted octanol–water partition coefficient (Wildman–Crippen LogP) is 5.07. The number of amides is 1. The summed E-state index contributed by atoms with van der Waals surface area (Å²) in [6, 6.07) is 17.3. The molecule has 174 valence electrons. The molecule has 3 aromatic carbocycles. The highest BCUT2D eigenvalue weighted by Gasteiger charge is 2.23. The van der Waals surface area contributed by atoms with Gasteiger partial charge < -0.3 is 10.1 Å². The fourth-order valence-corrected chi connectivity index (χ4v) is 4.23. The number of carbonyl (C=O) groups excluding carboxylic acids is 3. The van der Waals surface area contributed by atoms with Gasteiger partial charge in [-0.2, -0.15) is 0 Å². The van der Waals surface area contributed by atoms with Crippen molar-refractivity contribution in [1.29, 1.82) is 0 Å². The second kappa shape index (κ2) is 11.5. The number of nitro groups is 1. The summed E-state index contributed by atoms with van der Waals surface area (Å²) in [5, 5.41) is 14.0. The van der Waals surface area contributed by atoms with Gasteiger partial charge in [0.15, 0.2) is 12.4 Å². The van der Waals surface area contributed by atoms with E-state index in [-0.39, 0.29) is 22.4 Å². The van der Waals surface area contributed by atoms with Gasteiger partial charge in [-0.15, -0.1) is 23.5 Å². The molecule has 0 aliphatic rings. The summed E-state index contributed by atoms with van der Waals surface area (Å²) in [6.45, 7) is -0.544. The zero-order chi connectivity index (χ0) is 24.7. The van der Waals surface area contributed by atoms with E-state index in [0.29, 0.717) is 10.6 Å². The summed E-state index contributed by atoms with van der Waals surface area (Å²) in [5.41, 5.74) is 0.451. The largest absolute Gasteiger partial charge is 0.452 e. The van der Waals surface area contributed by atoms with E-state index in [1.807, 2.05) is 18.4 Å². The smallest absolute Gasteiger partial charge is 0.339 e. The van der Waals surface area contributed by atoms with E-state index >= 15 is 0 Å². The van der Waals surface area contributed by atoms with E-state index < -0.39 is 29.2 Å². The highest BCUT2D eigenvalue weighted by molar-refractivity contribution is 7.99. The third-order valence-corrected chi connectivity index (χ3v) is 6.33. The lowest BCUT2D eigenvalue weighted by molar-refractivity contribution is -0.387. The molecule has 0 saturated carbocycles. The van der Waals surface area contributed by atoms with Gasteiger partial charge in [0.05, 0.1) is 21.1 Å². The zero-order valence-electron chi connectivity index (χ0n) is 18.3. The van der Waals surface area contributed by atoms with Crippen LogP contribution < -0.4 is 5.32 Å². The van der Waals surface area contributed by atoms with Gasteiger partial charge in [0.1, 0.15) is 0 Å². The van der Waals surface area contributed by atoms with Crippen molar-refractivity contribution in [2.24, 2.45) is 0 Å². The molecule has 0 spiro atoms. The Hall–Kier alpha value is -3.63. The lowest BCUT2D eigenvalue weighted by Crippen LogP contribution is -2.22. The molecular formula is C24H20N2O6S2. The SMILES string of the molecule is CSc1ccccc1NC(=O)COC(=O)c1ccccc1C(=O)c1ccc(SC)c([N+](=O)[O-])c1. The third-order valence-electron chi connectivity index (χ3n) is 4.74. The van der Waals surface area contributed by atoms with Crippen molar-refractivity contribution >= 4 is 52.6 Å². The Morgan fingerprint density at radius 1 is 0.912 bits per heavy atom. The monoisotopic (exact) mass is 496 g/mol. The summed E-state index contributed by atoms with van der Waals surface area (Å²) in [7, 11) is 0.